The van der Waals surface area contributed by atoms with Crippen LogP contribution in [0.2, 0.25) is 0 Å². The largest absolute Gasteiger partial charge is 0.467 e. The molecule has 2 aliphatic rings. The molecule has 4 atom stereocenters. The van der Waals surface area contributed by atoms with Crippen molar-refractivity contribution in [1.82, 2.24) is 30.0 Å². The van der Waals surface area contributed by atoms with Crippen molar-refractivity contribution in [3.63, 3.8) is 0 Å². The van der Waals surface area contributed by atoms with Crippen LogP contribution < -0.4 is 10.6 Å². The lowest BCUT2D eigenvalue weighted by atomic mass is 10.0. The van der Waals surface area contributed by atoms with Crippen molar-refractivity contribution in [3.05, 3.63) is 54.1 Å². The van der Waals surface area contributed by atoms with Crippen molar-refractivity contribution in [3.8, 4) is 0 Å². The van der Waals surface area contributed by atoms with Gasteiger partial charge >= 0.3 is 12.1 Å². The average molecular weight is 625 g/mol. The number of likely N-dealkylation sites (tertiary alicyclic amines) is 2. The van der Waals surface area contributed by atoms with Gasteiger partial charge in [-0.3, -0.25) is 14.4 Å². The van der Waals surface area contributed by atoms with Gasteiger partial charge < -0.3 is 34.5 Å². The van der Waals surface area contributed by atoms with Crippen LogP contribution >= 0.6 is 0 Å². The van der Waals surface area contributed by atoms with Crippen LogP contribution in [0.3, 0.4) is 0 Å². The SMILES string of the molecule is COC(=O)[C@H](Cc1ccccc1)NC(=O)[C@@H]1CCCN1C(=O)[C@H]1CCCN1C(=O)[C@H](Cc1cncn1C)NC(=O)OC(C)(C)C. The third-order valence-electron chi connectivity index (χ3n) is 8.06. The fraction of sp³-hybridized carbons (Fsp3) is 0.562. The fourth-order valence-corrected chi connectivity index (χ4v) is 5.88. The summed E-state index contributed by atoms with van der Waals surface area (Å²) in [6, 6.07) is 5.78. The Morgan fingerprint density at radius 3 is 2.22 bits per heavy atom. The van der Waals surface area contributed by atoms with Crippen LogP contribution in [-0.4, -0.2) is 99.1 Å². The summed E-state index contributed by atoms with van der Waals surface area (Å²) in [4.78, 5) is 73.9. The van der Waals surface area contributed by atoms with E-state index in [1.165, 1.54) is 16.9 Å². The number of ether oxygens (including phenoxy) is 2. The van der Waals surface area contributed by atoms with E-state index >= 15 is 0 Å². The Labute approximate surface area is 263 Å². The van der Waals surface area contributed by atoms with Crippen molar-refractivity contribution in [2.24, 2.45) is 7.05 Å². The number of methoxy groups -OCH3 is 1. The van der Waals surface area contributed by atoms with E-state index in [1.54, 1.807) is 44.9 Å². The quantitative estimate of drug-likeness (QED) is 0.380. The van der Waals surface area contributed by atoms with Crippen molar-refractivity contribution >= 4 is 29.8 Å². The smallest absolute Gasteiger partial charge is 0.408 e. The second-order valence-corrected chi connectivity index (χ2v) is 12.6. The number of esters is 1. The van der Waals surface area contributed by atoms with Gasteiger partial charge in [-0.25, -0.2) is 14.6 Å². The summed E-state index contributed by atoms with van der Waals surface area (Å²) in [7, 11) is 3.06. The maximum absolute atomic E-state index is 14.0. The summed E-state index contributed by atoms with van der Waals surface area (Å²) in [5.74, 6) is -1.75. The van der Waals surface area contributed by atoms with Crippen LogP contribution in [0, 0.1) is 0 Å². The zero-order valence-corrected chi connectivity index (χ0v) is 26.7. The molecule has 1 aromatic heterocycles. The number of hydrogen-bond donors (Lipinski definition) is 2. The van der Waals surface area contributed by atoms with E-state index in [0.717, 1.165) is 11.3 Å². The zero-order chi connectivity index (χ0) is 32.7. The predicted molar refractivity (Wildman–Crippen MR) is 164 cm³/mol. The van der Waals surface area contributed by atoms with Crippen LogP contribution in [0.1, 0.15) is 57.7 Å². The highest BCUT2D eigenvalue weighted by Crippen LogP contribution is 2.26. The zero-order valence-electron chi connectivity index (χ0n) is 26.7. The third kappa shape index (κ3) is 8.61. The minimum absolute atomic E-state index is 0.150. The molecule has 0 radical (unpaired) electrons. The Morgan fingerprint density at radius 1 is 0.933 bits per heavy atom. The second kappa shape index (κ2) is 14.6. The van der Waals surface area contributed by atoms with Crippen LogP contribution in [0.25, 0.3) is 0 Å². The summed E-state index contributed by atoms with van der Waals surface area (Å²) in [5, 5.41) is 5.50. The Balaban J connectivity index is 1.48. The van der Waals surface area contributed by atoms with Crippen LogP contribution in [0.4, 0.5) is 4.79 Å². The Bertz CT molecular complexity index is 1370. The average Bonchev–Trinajstić information content (AvgIpc) is 3.76. The van der Waals surface area contributed by atoms with Crippen LogP contribution in [0.5, 0.6) is 0 Å². The molecule has 0 aliphatic carbocycles. The Morgan fingerprint density at radius 2 is 1.60 bits per heavy atom. The number of carbonyl (C=O) groups is 5. The molecule has 13 heteroatoms. The lowest BCUT2D eigenvalue weighted by Gasteiger charge is -2.33. The Hall–Kier alpha value is -4.42. The van der Waals surface area contributed by atoms with Gasteiger partial charge in [0.15, 0.2) is 0 Å². The number of nitrogens with one attached hydrogen (secondary N) is 2. The standard InChI is InChI=1S/C32H44N6O7/c1-32(2,3)45-31(43)35-23(18-22-19-33-20-36(22)4)28(40)38-16-10-14-26(38)29(41)37-15-9-13-25(37)27(39)34-24(30(42)44-5)17-21-11-7-6-8-12-21/h6-8,11-12,19-20,23-26H,9-10,13-18H2,1-5H3,(H,34,39)(H,35,43)/t23-,24-,25-,26+/m0/s1. The normalized spacial score (nSPS) is 19.5. The summed E-state index contributed by atoms with van der Waals surface area (Å²) in [6.45, 7) is 5.89. The molecule has 0 bridgehead atoms. The van der Waals surface area contributed by atoms with Crippen LogP contribution in [0.15, 0.2) is 42.9 Å². The molecule has 3 heterocycles. The number of aryl methyl sites for hydroxylation is 1. The summed E-state index contributed by atoms with van der Waals surface area (Å²) >= 11 is 0. The molecule has 2 aliphatic heterocycles. The number of hydrogen-bond acceptors (Lipinski definition) is 8. The number of amides is 4. The van der Waals surface area contributed by atoms with Gasteiger partial charge in [0, 0.05) is 44.9 Å². The van der Waals surface area contributed by atoms with Crippen molar-refractivity contribution < 1.29 is 33.4 Å². The molecule has 13 nitrogen and oxygen atoms in total. The third-order valence-corrected chi connectivity index (χ3v) is 8.06. The molecular formula is C32H44N6O7. The van der Waals surface area contributed by atoms with E-state index in [4.69, 9.17) is 9.47 Å². The van der Waals surface area contributed by atoms with E-state index in [1.807, 2.05) is 30.3 Å². The highest BCUT2D eigenvalue weighted by molar-refractivity contribution is 5.95. The maximum Gasteiger partial charge on any atom is 0.408 e. The fourth-order valence-electron chi connectivity index (χ4n) is 5.88. The molecule has 2 aromatic rings. The summed E-state index contributed by atoms with van der Waals surface area (Å²) in [6.07, 6.45) is 4.95. The molecule has 0 spiro atoms. The number of benzene rings is 1. The lowest BCUT2D eigenvalue weighted by Crippen LogP contribution is -2.57. The molecule has 0 saturated carbocycles. The first-order valence-corrected chi connectivity index (χ1v) is 15.4. The van der Waals surface area contributed by atoms with Gasteiger partial charge in [-0.1, -0.05) is 30.3 Å². The number of carbonyl (C=O) groups excluding carboxylic acids is 5. The van der Waals surface area contributed by atoms with Crippen molar-refractivity contribution in [1.29, 1.82) is 0 Å². The number of aromatic nitrogens is 2. The second-order valence-electron chi connectivity index (χ2n) is 12.6. The minimum atomic E-state index is -1.000. The molecule has 244 valence electrons. The molecule has 45 heavy (non-hydrogen) atoms. The topological polar surface area (TPSA) is 152 Å². The molecule has 0 unspecified atom stereocenters. The predicted octanol–water partition coefficient (Wildman–Crippen LogP) is 1.74. The van der Waals surface area contributed by atoms with Crippen molar-refractivity contribution in [2.75, 3.05) is 20.2 Å². The van der Waals surface area contributed by atoms with E-state index in [-0.39, 0.29) is 18.7 Å². The van der Waals surface area contributed by atoms with Crippen LogP contribution in [-0.2, 0) is 48.5 Å². The highest BCUT2D eigenvalue weighted by atomic mass is 16.6. The van der Waals surface area contributed by atoms with E-state index in [9.17, 15) is 24.0 Å². The number of rotatable bonds is 10. The number of alkyl carbamates (subject to hydrolysis) is 1. The molecular weight excluding hydrogens is 580 g/mol. The van der Waals surface area contributed by atoms with E-state index in [0.29, 0.717) is 38.8 Å². The first-order chi connectivity index (χ1) is 21.4. The van der Waals surface area contributed by atoms with E-state index < -0.39 is 53.6 Å². The van der Waals surface area contributed by atoms with Gasteiger partial charge in [0.1, 0.15) is 29.8 Å². The van der Waals surface area contributed by atoms with Gasteiger partial charge in [0.2, 0.25) is 17.7 Å². The molecule has 2 saturated heterocycles. The first kappa shape index (κ1) is 33.5. The van der Waals surface area contributed by atoms with Gasteiger partial charge in [-0.15, -0.1) is 0 Å². The maximum atomic E-state index is 14.0. The van der Waals surface area contributed by atoms with Gasteiger partial charge in [0.25, 0.3) is 0 Å². The van der Waals surface area contributed by atoms with Gasteiger partial charge in [0.05, 0.1) is 13.4 Å². The molecule has 4 rings (SSSR count). The van der Waals surface area contributed by atoms with E-state index in [2.05, 4.69) is 15.6 Å². The highest BCUT2D eigenvalue weighted by Gasteiger charge is 2.44. The minimum Gasteiger partial charge on any atom is -0.467 e. The van der Waals surface area contributed by atoms with Gasteiger partial charge in [-0.2, -0.15) is 0 Å². The summed E-state index contributed by atoms with van der Waals surface area (Å²) in [5.41, 5.74) is 0.808. The molecule has 1 aromatic carbocycles. The molecule has 2 N–H and O–H groups in total. The number of imidazole rings is 1. The first-order valence-electron chi connectivity index (χ1n) is 15.4. The van der Waals surface area contributed by atoms with Gasteiger partial charge in [-0.05, 0) is 52.0 Å². The molecule has 2 fully saturated rings. The Kier molecular flexibility index (Phi) is 10.8. The monoisotopic (exact) mass is 624 g/mol. The number of nitrogens with zero attached hydrogens (tertiary/aromatic N) is 4. The van der Waals surface area contributed by atoms with Crippen molar-refractivity contribution in [2.45, 2.75) is 89.1 Å². The lowest BCUT2D eigenvalue weighted by molar-refractivity contribution is -0.149. The molecule has 4 amide bonds. The summed E-state index contributed by atoms with van der Waals surface area (Å²) < 4.78 is 12.1.